The highest BCUT2D eigenvalue weighted by Gasteiger charge is 2.14. The predicted molar refractivity (Wildman–Crippen MR) is 93.2 cm³/mol. The summed E-state index contributed by atoms with van der Waals surface area (Å²) in [6, 6.07) is 11.6. The van der Waals surface area contributed by atoms with E-state index >= 15 is 0 Å². The molecule has 3 heterocycles. The Labute approximate surface area is 150 Å². The van der Waals surface area contributed by atoms with E-state index in [4.69, 9.17) is 0 Å². The van der Waals surface area contributed by atoms with Crippen LogP contribution in [0.5, 0.6) is 0 Å². The van der Waals surface area contributed by atoms with Crippen molar-refractivity contribution in [3.8, 4) is 11.3 Å². The number of hydrogen-bond donors (Lipinski definition) is 2. The van der Waals surface area contributed by atoms with E-state index in [1.165, 1.54) is 18.5 Å². The molecule has 1 aromatic carbocycles. The molecule has 0 saturated carbocycles. The summed E-state index contributed by atoms with van der Waals surface area (Å²) in [5, 5.41) is 16.8. The maximum absolute atomic E-state index is 14.2. The van der Waals surface area contributed by atoms with Crippen LogP contribution in [0.25, 0.3) is 16.9 Å². The van der Waals surface area contributed by atoms with Gasteiger partial charge in [-0.05, 0) is 28.1 Å². The highest BCUT2D eigenvalue weighted by atomic mass is 79.9. The van der Waals surface area contributed by atoms with Crippen molar-refractivity contribution in [2.24, 2.45) is 0 Å². The number of hydrogen-bond acceptors (Lipinski definition) is 4. The zero-order chi connectivity index (χ0) is 17.4. The average molecular weight is 401 g/mol. The molecule has 0 aliphatic rings. The summed E-state index contributed by atoms with van der Waals surface area (Å²) in [5.41, 5.74) is 2.20. The van der Waals surface area contributed by atoms with Crippen molar-refractivity contribution in [1.82, 2.24) is 14.6 Å². The Morgan fingerprint density at radius 1 is 1.16 bits per heavy atom. The van der Waals surface area contributed by atoms with Crippen molar-refractivity contribution in [2.75, 3.05) is 5.32 Å². The molecule has 0 amide bonds. The van der Waals surface area contributed by atoms with Crippen LogP contribution in [0.15, 0.2) is 65.5 Å². The van der Waals surface area contributed by atoms with Gasteiger partial charge in [0.25, 0.3) is 0 Å². The number of halogens is 2. The van der Waals surface area contributed by atoms with E-state index in [0.717, 1.165) is 10.4 Å². The maximum atomic E-state index is 14.2. The summed E-state index contributed by atoms with van der Waals surface area (Å²) in [7, 11) is 0. The average Bonchev–Trinajstić information content (AvgIpc) is 2.99. The SMILES string of the molecule is O[n+]1ccc(Nc2cc(-c3ccccc3F)nc3c(Br)cnn23)cc1. The zero-order valence-corrected chi connectivity index (χ0v) is 14.4. The topological polar surface area (TPSA) is 66.3 Å². The molecule has 3 aromatic heterocycles. The number of nitrogens with one attached hydrogen (secondary N) is 1. The predicted octanol–water partition coefficient (Wildman–Crippen LogP) is 3.57. The van der Waals surface area contributed by atoms with Gasteiger partial charge in [-0.25, -0.2) is 9.37 Å². The molecule has 8 heteroatoms. The summed E-state index contributed by atoms with van der Waals surface area (Å²) < 4.78 is 17.5. The van der Waals surface area contributed by atoms with Crippen molar-refractivity contribution >= 4 is 33.1 Å². The van der Waals surface area contributed by atoms with Crippen LogP contribution in [0.1, 0.15) is 0 Å². The molecule has 4 rings (SSSR count). The van der Waals surface area contributed by atoms with E-state index in [0.29, 0.717) is 27.2 Å². The molecule has 0 saturated heterocycles. The summed E-state index contributed by atoms with van der Waals surface area (Å²) in [6.07, 6.45) is 4.63. The van der Waals surface area contributed by atoms with Crippen LogP contribution in [0.4, 0.5) is 15.9 Å². The molecule has 2 N–H and O–H groups in total. The molecular formula is C17H12BrFN5O+. The smallest absolute Gasteiger partial charge is 0.224 e. The number of fused-ring (bicyclic) bond motifs is 1. The Kier molecular flexibility index (Phi) is 3.81. The minimum Gasteiger partial charge on any atom is -0.340 e. The molecule has 0 aliphatic heterocycles. The van der Waals surface area contributed by atoms with Gasteiger partial charge < -0.3 is 5.32 Å². The second-order valence-electron chi connectivity index (χ2n) is 5.33. The van der Waals surface area contributed by atoms with E-state index in [9.17, 15) is 9.60 Å². The maximum Gasteiger partial charge on any atom is 0.224 e. The minimum atomic E-state index is -0.345. The summed E-state index contributed by atoms with van der Waals surface area (Å²) in [5.74, 6) is 0.270. The zero-order valence-electron chi connectivity index (χ0n) is 12.8. The van der Waals surface area contributed by atoms with Crippen molar-refractivity contribution in [3.05, 3.63) is 71.3 Å². The van der Waals surface area contributed by atoms with Gasteiger partial charge >= 0.3 is 0 Å². The number of nitrogens with zero attached hydrogens (tertiary/aromatic N) is 4. The Bertz CT molecular complexity index is 1060. The third-order valence-electron chi connectivity index (χ3n) is 3.66. The molecule has 0 bridgehead atoms. The lowest BCUT2D eigenvalue weighted by atomic mass is 10.1. The van der Waals surface area contributed by atoms with Crippen LogP contribution in [0, 0.1) is 5.82 Å². The van der Waals surface area contributed by atoms with E-state index in [1.807, 2.05) is 0 Å². The molecule has 4 aromatic rings. The standard InChI is InChI=1S/C17H11BrFN5O/c18-13-10-20-24-16(21-11-5-7-23(25)8-6-11)9-15(22-17(13)24)12-3-1-2-4-14(12)19/h1-10,25H/p+1. The normalized spacial score (nSPS) is 11.0. The lowest BCUT2D eigenvalue weighted by Crippen LogP contribution is -2.27. The van der Waals surface area contributed by atoms with E-state index < -0.39 is 0 Å². The molecular weight excluding hydrogens is 389 g/mol. The third-order valence-corrected chi connectivity index (χ3v) is 4.22. The first-order valence-electron chi connectivity index (χ1n) is 7.38. The number of rotatable bonds is 3. The highest BCUT2D eigenvalue weighted by molar-refractivity contribution is 9.10. The third kappa shape index (κ3) is 2.91. The first-order chi connectivity index (χ1) is 12.1. The molecule has 0 spiro atoms. The molecule has 0 radical (unpaired) electrons. The second-order valence-corrected chi connectivity index (χ2v) is 6.18. The quantitative estimate of drug-likeness (QED) is 0.407. The van der Waals surface area contributed by atoms with Gasteiger partial charge in [0.05, 0.1) is 22.1 Å². The fraction of sp³-hybridized carbons (Fsp3) is 0. The van der Waals surface area contributed by atoms with Crippen LogP contribution in [-0.2, 0) is 0 Å². The molecule has 0 unspecified atom stereocenters. The Hall–Kier alpha value is -3.00. The van der Waals surface area contributed by atoms with Crippen LogP contribution < -0.4 is 10.0 Å². The van der Waals surface area contributed by atoms with E-state index in [1.54, 1.807) is 47.1 Å². The Morgan fingerprint density at radius 3 is 2.68 bits per heavy atom. The highest BCUT2D eigenvalue weighted by Crippen LogP contribution is 2.28. The van der Waals surface area contributed by atoms with Gasteiger partial charge in [-0.1, -0.05) is 12.1 Å². The van der Waals surface area contributed by atoms with Gasteiger partial charge in [-0.3, -0.25) is 5.21 Å². The number of benzene rings is 1. The number of aromatic nitrogens is 4. The largest absolute Gasteiger partial charge is 0.340 e. The van der Waals surface area contributed by atoms with Crippen LogP contribution in [-0.4, -0.2) is 19.8 Å². The summed E-state index contributed by atoms with van der Waals surface area (Å²) >= 11 is 3.42. The van der Waals surface area contributed by atoms with Gasteiger partial charge in [-0.2, -0.15) is 9.61 Å². The van der Waals surface area contributed by atoms with Gasteiger partial charge in [0.15, 0.2) is 5.65 Å². The first kappa shape index (κ1) is 15.5. The minimum absolute atomic E-state index is 0.345. The van der Waals surface area contributed by atoms with Gasteiger partial charge in [0, 0.05) is 28.5 Å². The van der Waals surface area contributed by atoms with Crippen LogP contribution >= 0.6 is 15.9 Å². The van der Waals surface area contributed by atoms with Crippen LogP contribution in [0.3, 0.4) is 0 Å². The number of anilines is 2. The summed E-state index contributed by atoms with van der Waals surface area (Å²) in [4.78, 5) is 4.51. The molecule has 0 atom stereocenters. The second kappa shape index (κ2) is 6.14. The van der Waals surface area contributed by atoms with Gasteiger partial charge in [0.1, 0.15) is 11.6 Å². The first-order valence-corrected chi connectivity index (χ1v) is 8.18. The lowest BCUT2D eigenvalue weighted by Gasteiger charge is -2.10. The fourth-order valence-corrected chi connectivity index (χ4v) is 2.83. The van der Waals surface area contributed by atoms with Crippen molar-refractivity contribution < 1.29 is 14.3 Å². The van der Waals surface area contributed by atoms with Crippen molar-refractivity contribution in [2.45, 2.75) is 0 Å². The van der Waals surface area contributed by atoms with Gasteiger partial charge in [0.2, 0.25) is 12.4 Å². The molecule has 25 heavy (non-hydrogen) atoms. The summed E-state index contributed by atoms with van der Waals surface area (Å²) in [6.45, 7) is 0. The molecule has 0 fully saturated rings. The Balaban J connectivity index is 1.87. The monoisotopic (exact) mass is 400 g/mol. The van der Waals surface area contributed by atoms with Crippen molar-refractivity contribution in [3.63, 3.8) is 0 Å². The Morgan fingerprint density at radius 2 is 1.92 bits per heavy atom. The number of pyridine rings is 1. The van der Waals surface area contributed by atoms with E-state index in [2.05, 4.69) is 31.3 Å². The van der Waals surface area contributed by atoms with Crippen LogP contribution in [0.2, 0.25) is 0 Å². The molecule has 0 aliphatic carbocycles. The fourth-order valence-electron chi connectivity index (χ4n) is 2.48. The molecule has 6 nitrogen and oxygen atoms in total. The van der Waals surface area contributed by atoms with E-state index in [-0.39, 0.29) is 5.82 Å². The van der Waals surface area contributed by atoms with Gasteiger partial charge in [-0.15, -0.1) is 0 Å². The van der Waals surface area contributed by atoms with Crippen molar-refractivity contribution in [1.29, 1.82) is 0 Å². The molecule has 124 valence electrons. The lowest BCUT2D eigenvalue weighted by molar-refractivity contribution is -0.904.